The van der Waals surface area contributed by atoms with Gasteiger partial charge < -0.3 is 10.6 Å². The molecule has 0 radical (unpaired) electrons. The zero-order valence-electron chi connectivity index (χ0n) is 11.2. The minimum absolute atomic E-state index is 0.0523. The van der Waals surface area contributed by atoms with Gasteiger partial charge in [0.05, 0.1) is 6.04 Å². The highest BCUT2D eigenvalue weighted by molar-refractivity contribution is 7.09. The van der Waals surface area contributed by atoms with Gasteiger partial charge in [0.25, 0.3) is 0 Å². The van der Waals surface area contributed by atoms with Crippen molar-refractivity contribution in [3.05, 3.63) is 22.4 Å². The first-order chi connectivity index (χ1) is 9.33. The van der Waals surface area contributed by atoms with Gasteiger partial charge in [0.1, 0.15) is 0 Å². The number of fused-ring (bicyclic) bond motifs is 1. The summed E-state index contributed by atoms with van der Waals surface area (Å²) < 4.78 is 0. The molecule has 2 heterocycles. The highest BCUT2D eigenvalue weighted by Gasteiger charge is 2.37. The minimum atomic E-state index is 0.0523. The molecular weight excluding hydrogens is 256 g/mol. The predicted molar refractivity (Wildman–Crippen MR) is 78.3 cm³/mol. The van der Waals surface area contributed by atoms with Crippen molar-refractivity contribution in [3.63, 3.8) is 0 Å². The molecule has 2 N–H and O–H groups in total. The van der Waals surface area contributed by atoms with Crippen LogP contribution in [0.1, 0.15) is 37.0 Å². The molecule has 1 aromatic heterocycles. The first-order valence-corrected chi connectivity index (χ1v) is 8.27. The molecule has 1 aliphatic heterocycles. The fourth-order valence-corrected chi connectivity index (χ4v) is 4.12. The summed E-state index contributed by atoms with van der Waals surface area (Å²) in [6.45, 7) is 0.757. The summed E-state index contributed by atoms with van der Waals surface area (Å²) in [7, 11) is 0. The second kappa shape index (κ2) is 6.06. The number of amides is 1. The second-order valence-electron chi connectivity index (χ2n) is 5.73. The van der Waals surface area contributed by atoms with Crippen molar-refractivity contribution < 1.29 is 4.79 Å². The summed E-state index contributed by atoms with van der Waals surface area (Å²) in [6, 6.07) is 4.84. The molecule has 2 aliphatic rings. The Bertz CT molecular complexity index is 404. The Kier molecular flexibility index (Phi) is 4.18. The van der Waals surface area contributed by atoms with Crippen molar-refractivity contribution in [2.24, 2.45) is 5.92 Å². The molecule has 0 bridgehead atoms. The molecule has 3 atom stereocenters. The number of carbonyl (C=O) groups is 1. The lowest BCUT2D eigenvalue weighted by atomic mass is 9.85. The van der Waals surface area contributed by atoms with Crippen molar-refractivity contribution >= 4 is 17.2 Å². The average molecular weight is 278 g/mol. The van der Waals surface area contributed by atoms with Crippen LogP contribution in [0.2, 0.25) is 0 Å². The summed E-state index contributed by atoms with van der Waals surface area (Å²) in [6.07, 6.45) is 7.20. The maximum atomic E-state index is 12.1. The molecule has 1 saturated heterocycles. The smallest absolute Gasteiger partial charge is 0.237 e. The molecule has 1 saturated carbocycles. The van der Waals surface area contributed by atoms with E-state index in [1.54, 1.807) is 11.3 Å². The molecule has 2 fully saturated rings. The molecule has 19 heavy (non-hydrogen) atoms. The lowest BCUT2D eigenvalue weighted by molar-refractivity contribution is -0.122. The largest absolute Gasteiger partial charge is 0.354 e. The molecule has 3 nitrogen and oxygen atoms in total. The third-order valence-electron chi connectivity index (χ3n) is 4.43. The van der Waals surface area contributed by atoms with Gasteiger partial charge in [-0.25, -0.2) is 0 Å². The Morgan fingerprint density at radius 2 is 2.32 bits per heavy atom. The van der Waals surface area contributed by atoms with Crippen LogP contribution in [0.25, 0.3) is 0 Å². The summed E-state index contributed by atoms with van der Waals surface area (Å²) in [5.74, 6) is 0.938. The number of nitrogens with one attached hydrogen (secondary N) is 2. The fourth-order valence-electron chi connectivity index (χ4n) is 3.41. The van der Waals surface area contributed by atoms with E-state index in [2.05, 4.69) is 28.1 Å². The van der Waals surface area contributed by atoms with Gasteiger partial charge in [-0.2, -0.15) is 0 Å². The number of hydrogen-bond acceptors (Lipinski definition) is 3. The zero-order valence-corrected chi connectivity index (χ0v) is 12.0. The minimum Gasteiger partial charge on any atom is -0.354 e. The van der Waals surface area contributed by atoms with Gasteiger partial charge >= 0.3 is 0 Å². The van der Waals surface area contributed by atoms with Crippen molar-refractivity contribution in [2.45, 2.75) is 50.6 Å². The quantitative estimate of drug-likeness (QED) is 0.887. The van der Waals surface area contributed by atoms with Crippen LogP contribution in [0.4, 0.5) is 0 Å². The molecule has 1 aromatic rings. The van der Waals surface area contributed by atoms with Gasteiger partial charge in [0, 0.05) is 17.5 Å². The van der Waals surface area contributed by atoms with E-state index in [4.69, 9.17) is 0 Å². The zero-order chi connectivity index (χ0) is 13.1. The van der Waals surface area contributed by atoms with Crippen molar-refractivity contribution in [3.8, 4) is 0 Å². The second-order valence-corrected chi connectivity index (χ2v) is 6.76. The Morgan fingerprint density at radius 3 is 3.11 bits per heavy atom. The van der Waals surface area contributed by atoms with Crippen LogP contribution in [0.15, 0.2) is 17.5 Å². The number of thiophene rings is 1. The Balaban J connectivity index is 1.43. The van der Waals surface area contributed by atoms with Crippen LogP contribution < -0.4 is 10.6 Å². The topological polar surface area (TPSA) is 41.1 Å². The lowest BCUT2D eigenvalue weighted by Crippen LogP contribution is -2.43. The molecular formula is C15H22N2OS. The molecule has 3 rings (SSSR count). The first kappa shape index (κ1) is 13.1. The molecule has 1 amide bonds. The van der Waals surface area contributed by atoms with Gasteiger partial charge in [0.2, 0.25) is 5.91 Å². The van der Waals surface area contributed by atoms with E-state index in [0.29, 0.717) is 6.04 Å². The van der Waals surface area contributed by atoms with Gasteiger partial charge in [-0.15, -0.1) is 11.3 Å². The highest BCUT2D eigenvalue weighted by Crippen LogP contribution is 2.33. The maximum absolute atomic E-state index is 12.1. The van der Waals surface area contributed by atoms with Crippen LogP contribution in [-0.4, -0.2) is 24.5 Å². The summed E-state index contributed by atoms with van der Waals surface area (Å²) in [4.78, 5) is 13.5. The SMILES string of the molecule is O=C(NCCc1cccs1)C1CC2CCCCC2N1. The average Bonchev–Trinajstić information content (AvgIpc) is 3.07. The summed E-state index contributed by atoms with van der Waals surface area (Å²) in [5, 5.41) is 8.69. The van der Waals surface area contributed by atoms with Crippen molar-refractivity contribution in [1.82, 2.24) is 10.6 Å². The monoisotopic (exact) mass is 278 g/mol. The molecule has 3 unspecified atom stereocenters. The van der Waals surface area contributed by atoms with E-state index in [1.165, 1.54) is 30.6 Å². The number of rotatable bonds is 4. The molecule has 0 spiro atoms. The Labute approximate surface area is 118 Å². The summed E-state index contributed by atoms with van der Waals surface area (Å²) >= 11 is 1.76. The summed E-state index contributed by atoms with van der Waals surface area (Å²) in [5.41, 5.74) is 0. The molecule has 0 aromatic carbocycles. The Hall–Kier alpha value is -0.870. The Morgan fingerprint density at radius 1 is 1.42 bits per heavy atom. The number of hydrogen-bond donors (Lipinski definition) is 2. The third kappa shape index (κ3) is 3.18. The maximum Gasteiger partial charge on any atom is 0.237 e. The third-order valence-corrected chi connectivity index (χ3v) is 5.37. The van der Waals surface area contributed by atoms with Crippen LogP contribution in [0.3, 0.4) is 0 Å². The number of carbonyl (C=O) groups excluding carboxylic acids is 1. The van der Waals surface area contributed by atoms with Crippen molar-refractivity contribution in [2.75, 3.05) is 6.54 Å². The van der Waals surface area contributed by atoms with Gasteiger partial charge in [-0.1, -0.05) is 18.9 Å². The normalized spacial score (nSPS) is 30.0. The predicted octanol–water partition coefficient (Wildman–Crippen LogP) is 2.33. The van der Waals surface area contributed by atoms with Gasteiger partial charge in [0.15, 0.2) is 0 Å². The van der Waals surface area contributed by atoms with E-state index >= 15 is 0 Å². The molecule has 4 heteroatoms. The van der Waals surface area contributed by atoms with E-state index in [-0.39, 0.29) is 11.9 Å². The van der Waals surface area contributed by atoms with Crippen LogP contribution in [0.5, 0.6) is 0 Å². The highest BCUT2D eigenvalue weighted by atomic mass is 32.1. The van der Waals surface area contributed by atoms with Crippen LogP contribution in [-0.2, 0) is 11.2 Å². The lowest BCUT2D eigenvalue weighted by Gasteiger charge is -2.24. The standard InChI is InChI=1S/C15H22N2OS/c18-15(16-8-7-12-5-3-9-19-12)14-10-11-4-1-2-6-13(11)17-14/h3,5,9,11,13-14,17H,1-2,4,6-8,10H2,(H,16,18). The van der Waals surface area contributed by atoms with Gasteiger partial charge in [-0.05, 0) is 43.0 Å². The van der Waals surface area contributed by atoms with Gasteiger partial charge in [-0.3, -0.25) is 4.79 Å². The van der Waals surface area contributed by atoms with E-state index < -0.39 is 0 Å². The van der Waals surface area contributed by atoms with Crippen molar-refractivity contribution in [1.29, 1.82) is 0 Å². The van der Waals surface area contributed by atoms with Crippen LogP contribution >= 0.6 is 11.3 Å². The first-order valence-electron chi connectivity index (χ1n) is 7.39. The molecule has 104 valence electrons. The fraction of sp³-hybridized carbons (Fsp3) is 0.667. The van der Waals surface area contributed by atoms with E-state index in [0.717, 1.165) is 25.3 Å². The van der Waals surface area contributed by atoms with E-state index in [9.17, 15) is 4.79 Å². The van der Waals surface area contributed by atoms with E-state index in [1.807, 2.05) is 0 Å². The molecule has 1 aliphatic carbocycles. The van der Waals surface area contributed by atoms with Crippen LogP contribution in [0, 0.1) is 5.92 Å².